The molecule has 0 spiro atoms. The van der Waals surface area contributed by atoms with Gasteiger partial charge in [-0.2, -0.15) is 0 Å². The van der Waals surface area contributed by atoms with Crippen molar-refractivity contribution < 1.29 is 13.6 Å². The largest absolute Gasteiger partial charge is 0.441 e. The van der Waals surface area contributed by atoms with Gasteiger partial charge in [-0.15, -0.1) is 24.8 Å². The Morgan fingerprint density at radius 1 is 1.33 bits per heavy atom. The lowest BCUT2D eigenvalue weighted by Crippen LogP contribution is -2.33. The number of oxazole rings is 1. The second-order valence-corrected chi connectivity index (χ2v) is 6.45. The van der Waals surface area contributed by atoms with Gasteiger partial charge < -0.3 is 15.1 Å². The molecule has 1 aromatic carbocycles. The molecule has 1 atom stereocenters. The van der Waals surface area contributed by atoms with Crippen LogP contribution in [0, 0.1) is 11.7 Å². The quantitative estimate of drug-likeness (QED) is 0.719. The van der Waals surface area contributed by atoms with Crippen LogP contribution in [0.3, 0.4) is 0 Å². The average molecular weight is 418 g/mol. The van der Waals surface area contributed by atoms with Crippen LogP contribution < -0.4 is 10.6 Å². The van der Waals surface area contributed by atoms with Crippen LogP contribution in [-0.4, -0.2) is 30.5 Å². The minimum atomic E-state index is -0.347. The van der Waals surface area contributed by atoms with Gasteiger partial charge in [0.2, 0.25) is 5.91 Å². The summed E-state index contributed by atoms with van der Waals surface area (Å²) < 4.78 is 19.3. The third-order valence-corrected chi connectivity index (χ3v) is 4.53. The third-order valence-electron chi connectivity index (χ3n) is 4.53. The fraction of sp³-hybridized carbons (Fsp3) is 0.474. The molecule has 0 radical (unpaired) electrons. The molecular weight excluding hydrogens is 392 g/mol. The standard InChI is InChI=1S/C19H24FN3O2.2ClH/c20-16-6-2-1-5-15(16)17-13-23-19(25-17)8-7-18(24)22-11-9-14-4-3-10-21-12-14;;/h1-2,5-6,13-14,21H,3-4,7-12H2,(H,22,24);2*1H. The summed E-state index contributed by atoms with van der Waals surface area (Å²) in [6.45, 7) is 2.86. The predicted molar refractivity (Wildman–Crippen MR) is 108 cm³/mol. The first-order valence-corrected chi connectivity index (χ1v) is 8.89. The lowest BCUT2D eigenvalue weighted by atomic mass is 9.96. The van der Waals surface area contributed by atoms with E-state index in [4.69, 9.17) is 4.42 Å². The minimum absolute atomic E-state index is 0. The number of rotatable bonds is 7. The summed E-state index contributed by atoms with van der Waals surface area (Å²) in [5.41, 5.74) is 0.381. The molecular formula is C19H26Cl2FN3O2. The molecule has 2 N–H and O–H groups in total. The Balaban J connectivity index is 0.00000182. The Kier molecular flexibility index (Phi) is 10.4. The van der Waals surface area contributed by atoms with Crippen molar-refractivity contribution in [2.45, 2.75) is 32.1 Å². The number of aromatic nitrogens is 1. The van der Waals surface area contributed by atoms with Crippen LogP contribution >= 0.6 is 24.8 Å². The maximum absolute atomic E-state index is 13.7. The average Bonchev–Trinajstić information content (AvgIpc) is 3.10. The van der Waals surface area contributed by atoms with Gasteiger partial charge in [0.25, 0.3) is 0 Å². The van der Waals surface area contributed by atoms with Crippen LogP contribution in [0.25, 0.3) is 11.3 Å². The van der Waals surface area contributed by atoms with E-state index in [1.54, 1.807) is 18.2 Å². The number of carbonyl (C=O) groups excluding carboxylic acids is 1. The molecule has 27 heavy (non-hydrogen) atoms. The Labute approximate surface area is 171 Å². The molecule has 1 amide bonds. The number of amides is 1. The minimum Gasteiger partial charge on any atom is -0.441 e. The van der Waals surface area contributed by atoms with Crippen LogP contribution in [0.2, 0.25) is 0 Å². The zero-order chi connectivity index (χ0) is 17.5. The molecule has 0 saturated carbocycles. The van der Waals surface area contributed by atoms with E-state index in [1.165, 1.54) is 25.1 Å². The number of aryl methyl sites for hydroxylation is 1. The van der Waals surface area contributed by atoms with Crippen molar-refractivity contribution in [2.24, 2.45) is 5.92 Å². The van der Waals surface area contributed by atoms with E-state index in [-0.39, 0.29) is 36.5 Å². The van der Waals surface area contributed by atoms with Gasteiger partial charge in [-0.3, -0.25) is 4.79 Å². The van der Waals surface area contributed by atoms with Gasteiger partial charge in [-0.25, -0.2) is 9.37 Å². The Morgan fingerprint density at radius 2 is 2.15 bits per heavy atom. The Hall–Kier alpha value is -1.63. The number of piperidine rings is 1. The number of benzene rings is 1. The van der Waals surface area contributed by atoms with Crippen molar-refractivity contribution in [3.8, 4) is 11.3 Å². The molecule has 150 valence electrons. The summed E-state index contributed by atoms with van der Waals surface area (Å²) in [5.74, 6) is 1.14. The predicted octanol–water partition coefficient (Wildman–Crippen LogP) is 3.76. The summed E-state index contributed by atoms with van der Waals surface area (Å²) in [7, 11) is 0. The van der Waals surface area contributed by atoms with Gasteiger partial charge in [-0.1, -0.05) is 12.1 Å². The van der Waals surface area contributed by atoms with Crippen molar-refractivity contribution in [3.05, 3.63) is 42.2 Å². The normalized spacial score (nSPS) is 16.1. The van der Waals surface area contributed by atoms with Crippen molar-refractivity contribution in [1.29, 1.82) is 0 Å². The number of nitrogens with one attached hydrogen (secondary N) is 2. The summed E-state index contributed by atoms with van der Waals surface area (Å²) >= 11 is 0. The number of hydrogen-bond donors (Lipinski definition) is 2. The molecule has 1 aliphatic heterocycles. The molecule has 1 saturated heterocycles. The van der Waals surface area contributed by atoms with Gasteiger partial charge in [0, 0.05) is 19.4 Å². The maximum atomic E-state index is 13.7. The van der Waals surface area contributed by atoms with Gasteiger partial charge >= 0.3 is 0 Å². The van der Waals surface area contributed by atoms with Crippen LogP contribution in [0.5, 0.6) is 0 Å². The van der Waals surface area contributed by atoms with E-state index in [9.17, 15) is 9.18 Å². The molecule has 1 aliphatic rings. The van der Waals surface area contributed by atoms with E-state index in [0.717, 1.165) is 19.5 Å². The first-order valence-electron chi connectivity index (χ1n) is 8.89. The SMILES string of the molecule is Cl.Cl.O=C(CCc1ncc(-c2ccccc2F)o1)NCCC1CCCNC1. The highest BCUT2D eigenvalue weighted by atomic mass is 35.5. The van der Waals surface area contributed by atoms with E-state index >= 15 is 0 Å². The van der Waals surface area contributed by atoms with Crippen LogP contribution in [0.15, 0.2) is 34.9 Å². The van der Waals surface area contributed by atoms with Crippen LogP contribution in [-0.2, 0) is 11.2 Å². The molecule has 8 heteroatoms. The maximum Gasteiger partial charge on any atom is 0.220 e. The molecule has 1 unspecified atom stereocenters. The lowest BCUT2D eigenvalue weighted by Gasteiger charge is -2.22. The number of hydrogen-bond acceptors (Lipinski definition) is 4. The molecule has 5 nitrogen and oxygen atoms in total. The van der Waals surface area contributed by atoms with Crippen molar-refractivity contribution in [3.63, 3.8) is 0 Å². The number of nitrogens with zero attached hydrogens (tertiary/aromatic N) is 1. The second kappa shape index (κ2) is 12.0. The first-order chi connectivity index (χ1) is 12.2. The Bertz CT molecular complexity index is 706. The monoisotopic (exact) mass is 417 g/mol. The van der Waals surface area contributed by atoms with Gasteiger partial charge in [0.1, 0.15) is 5.82 Å². The second-order valence-electron chi connectivity index (χ2n) is 6.45. The van der Waals surface area contributed by atoms with Gasteiger partial charge in [0.05, 0.1) is 11.8 Å². The molecule has 2 aromatic rings. The molecule has 0 bridgehead atoms. The molecule has 3 rings (SSSR count). The summed E-state index contributed by atoms with van der Waals surface area (Å²) in [6.07, 6.45) is 5.69. The summed E-state index contributed by atoms with van der Waals surface area (Å²) in [6, 6.07) is 6.40. The zero-order valence-electron chi connectivity index (χ0n) is 15.1. The van der Waals surface area contributed by atoms with E-state index in [2.05, 4.69) is 15.6 Å². The van der Waals surface area contributed by atoms with E-state index in [0.29, 0.717) is 42.5 Å². The molecule has 1 aromatic heterocycles. The zero-order valence-corrected chi connectivity index (χ0v) is 16.7. The van der Waals surface area contributed by atoms with E-state index < -0.39 is 0 Å². The lowest BCUT2D eigenvalue weighted by molar-refractivity contribution is -0.121. The van der Waals surface area contributed by atoms with Crippen molar-refractivity contribution in [2.75, 3.05) is 19.6 Å². The highest BCUT2D eigenvalue weighted by Gasteiger charge is 2.14. The number of halogens is 3. The van der Waals surface area contributed by atoms with Gasteiger partial charge in [0.15, 0.2) is 11.7 Å². The fourth-order valence-electron chi connectivity index (χ4n) is 3.11. The van der Waals surface area contributed by atoms with Crippen LogP contribution in [0.1, 0.15) is 31.6 Å². The topological polar surface area (TPSA) is 67.2 Å². The van der Waals surface area contributed by atoms with Crippen LogP contribution in [0.4, 0.5) is 4.39 Å². The van der Waals surface area contributed by atoms with Gasteiger partial charge in [-0.05, 0) is 50.4 Å². The highest BCUT2D eigenvalue weighted by molar-refractivity contribution is 5.85. The first kappa shape index (κ1) is 23.4. The fourth-order valence-corrected chi connectivity index (χ4v) is 3.11. The number of carbonyl (C=O) groups is 1. The third kappa shape index (κ3) is 7.13. The smallest absolute Gasteiger partial charge is 0.220 e. The summed E-state index contributed by atoms with van der Waals surface area (Å²) in [4.78, 5) is 16.1. The molecule has 2 heterocycles. The van der Waals surface area contributed by atoms with E-state index in [1.807, 2.05) is 0 Å². The highest BCUT2D eigenvalue weighted by Crippen LogP contribution is 2.23. The summed E-state index contributed by atoms with van der Waals surface area (Å²) in [5, 5.41) is 6.33. The van der Waals surface area contributed by atoms with Crippen molar-refractivity contribution in [1.82, 2.24) is 15.6 Å². The molecule has 1 fully saturated rings. The molecule has 0 aliphatic carbocycles. The van der Waals surface area contributed by atoms with Crippen molar-refractivity contribution >= 4 is 30.7 Å². The Morgan fingerprint density at radius 3 is 2.89 bits per heavy atom.